The SMILES string of the molecule is CCN(CC)C(=O)C(C)c1ccc2[nH]c(-c3cc(C)cc(C)c3)c(CCNCCCCc3ccc(NS(C)(=O)=O)cc3)c2c1. The molecule has 236 valence electrons. The molecule has 1 amide bonds. The summed E-state index contributed by atoms with van der Waals surface area (Å²) in [4.78, 5) is 18.8. The highest BCUT2D eigenvalue weighted by atomic mass is 32.2. The Balaban J connectivity index is 1.44. The average Bonchev–Trinajstić information content (AvgIpc) is 3.34. The van der Waals surface area contributed by atoms with Crippen LogP contribution in [0.15, 0.2) is 60.7 Å². The summed E-state index contributed by atoms with van der Waals surface area (Å²) in [6.07, 6.45) is 5.09. The van der Waals surface area contributed by atoms with E-state index in [1.807, 2.05) is 49.9 Å². The molecule has 1 aromatic heterocycles. The van der Waals surface area contributed by atoms with Crippen LogP contribution in [0.5, 0.6) is 0 Å². The minimum Gasteiger partial charge on any atom is -0.354 e. The number of aromatic amines is 1. The molecule has 1 atom stereocenters. The summed E-state index contributed by atoms with van der Waals surface area (Å²) in [6, 6.07) is 20.7. The number of nitrogens with one attached hydrogen (secondary N) is 3. The minimum atomic E-state index is -3.26. The monoisotopic (exact) mass is 616 g/mol. The molecule has 1 heterocycles. The molecule has 0 bridgehead atoms. The molecule has 7 nitrogen and oxygen atoms in total. The van der Waals surface area contributed by atoms with Crippen molar-refractivity contribution in [3.05, 3.63) is 88.5 Å². The van der Waals surface area contributed by atoms with Crippen LogP contribution in [0.25, 0.3) is 22.2 Å². The number of hydrogen-bond acceptors (Lipinski definition) is 4. The van der Waals surface area contributed by atoms with Gasteiger partial charge < -0.3 is 15.2 Å². The molecule has 0 aliphatic carbocycles. The van der Waals surface area contributed by atoms with E-state index in [2.05, 4.69) is 65.3 Å². The Hall–Kier alpha value is -3.62. The molecule has 0 aliphatic rings. The molecule has 0 radical (unpaired) electrons. The molecule has 0 spiro atoms. The van der Waals surface area contributed by atoms with Crippen LogP contribution in [0.4, 0.5) is 5.69 Å². The highest BCUT2D eigenvalue weighted by molar-refractivity contribution is 7.92. The lowest BCUT2D eigenvalue weighted by molar-refractivity contribution is -0.132. The zero-order valence-electron chi connectivity index (χ0n) is 27.1. The summed E-state index contributed by atoms with van der Waals surface area (Å²) in [6.45, 7) is 13.6. The second-order valence-corrected chi connectivity index (χ2v) is 13.7. The first-order valence-corrected chi connectivity index (χ1v) is 17.7. The van der Waals surface area contributed by atoms with Gasteiger partial charge in [0.05, 0.1) is 12.2 Å². The first-order chi connectivity index (χ1) is 21.0. The highest BCUT2D eigenvalue weighted by Gasteiger charge is 2.22. The molecule has 44 heavy (non-hydrogen) atoms. The summed E-state index contributed by atoms with van der Waals surface area (Å²) in [7, 11) is -3.26. The Bertz CT molecular complexity index is 1650. The van der Waals surface area contributed by atoms with E-state index in [0.717, 1.165) is 74.9 Å². The third-order valence-electron chi connectivity index (χ3n) is 8.26. The molecule has 0 fully saturated rings. The number of amides is 1. The van der Waals surface area contributed by atoms with E-state index in [1.165, 1.54) is 33.2 Å². The number of aromatic nitrogens is 1. The maximum absolute atomic E-state index is 13.2. The van der Waals surface area contributed by atoms with E-state index in [9.17, 15) is 13.2 Å². The van der Waals surface area contributed by atoms with Gasteiger partial charge in [-0.25, -0.2) is 8.42 Å². The number of likely N-dealkylation sites (N-methyl/N-ethyl adjacent to an activating group) is 1. The van der Waals surface area contributed by atoms with Crippen molar-refractivity contribution in [2.75, 3.05) is 37.2 Å². The van der Waals surface area contributed by atoms with Crippen LogP contribution in [0.1, 0.15) is 67.3 Å². The van der Waals surface area contributed by atoms with Crippen LogP contribution < -0.4 is 10.0 Å². The lowest BCUT2D eigenvalue weighted by atomic mass is 9.95. The van der Waals surface area contributed by atoms with Gasteiger partial charge in [-0.3, -0.25) is 9.52 Å². The van der Waals surface area contributed by atoms with Gasteiger partial charge in [0.2, 0.25) is 15.9 Å². The van der Waals surface area contributed by atoms with Gasteiger partial charge in [0.15, 0.2) is 0 Å². The maximum atomic E-state index is 13.2. The third-order valence-corrected chi connectivity index (χ3v) is 8.87. The predicted octanol–water partition coefficient (Wildman–Crippen LogP) is 6.95. The van der Waals surface area contributed by atoms with Crippen LogP contribution in [0, 0.1) is 13.8 Å². The smallest absolute Gasteiger partial charge is 0.229 e. The number of aryl methyl sites for hydroxylation is 3. The lowest BCUT2D eigenvalue weighted by Crippen LogP contribution is -2.33. The Morgan fingerprint density at radius 2 is 1.57 bits per heavy atom. The van der Waals surface area contributed by atoms with Gasteiger partial charge in [0, 0.05) is 35.4 Å². The Kier molecular flexibility index (Phi) is 11.3. The van der Waals surface area contributed by atoms with Crippen molar-refractivity contribution in [3.8, 4) is 11.3 Å². The molecule has 4 aromatic rings. The zero-order chi connectivity index (χ0) is 31.9. The molecular formula is C36H48N4O3S. The quantitative estimate of drug-likeness (QED) is 0.126. The van der Waals surface area contributed by atoms with E-state index < -0.39 is 10.0 Å². The number of unbranched alkanes of at least 4 members (excludes halogenated alkanes) is 1. The molecule has 1 unspecified atom stereocenters. The number of fused-ring (bicyclic) bond motifs is 1. The van der Waals surface area contributed by atoms with E-state index >= 15 is 0 Å². The topological polar surface area (TPSA) is 94.3 Å². The number of nitrogens with zero attached hydrogens (tertiary/aromatic N) is 1. The first kappa shape index (κ1) is 33.3. The minimum absolute atomic E-state index is 0.171. The number of H-pyrrole nitrogens is 1. The number of rotatable bonds is 15. The molecule has 8 heteroatoms. The summed E-state index contributed by atoms with van der Waals surface area (Å²) >= 11 is 0. The van der Waals surface area contributed by atoms with E-state index in [0.29, 0.717) is 5.69 Å². The Morgan fingerprint density at radius 3 is 2.20 bits per heavy atom. The zero-order valence-corrected chi connectivity index (χ0v) is 27.9. The van der Waals surface area contributed by atoms with Crippen LogP contribution in [0.2, 0.25) is 0 Å². The fourth-order valence-corrected chi connectivity index (χ4v) is 6.55. The van der Waals surface area contributed by atoms with Crippen molar-refractivity contribution >= 4 is 32.5 Å². The molecule has 0 saturated heterocycles. The van der Waals surface area contributed by atoms with Crippen molar-refractivity contribution in [1.82, 2.24) is 15.2 Å². The van der Waals surface area contributed by atoms with Crippen molar-refractivity contribution in [2.45, 2.75) is 66.2 Å². The molecule has 0 saturated carbocycles. The second kappa shape index (κ2) is 14.9. The van der Waals surface area contributed by atoms with Gasteiger partial charge in [-0.15, -0.1) is 0 Å². The van der Waals surface area contributed by atoms with Crippen molar-refractivity contribution in [3.63, 3.8) is 0 Å². The van der Waals surface area contributed by atoms with Crippen molar-refractivity contribution in [2.24, 2.45) is 0 Å². The number of carbonyl (C=O) groups is 1. The Morgan fingerprint density at radius 1 is 0.886 bits per heavy atom. The highest BCUT2D eigenvalue weighted by Crippen LogP contribution is 2.34. The number of benzene rings is 3. The van der Waals surface area contributed by atoms with Gasteiger partial charge in [-0.05, 0) is 132 Å². The summed E-state index contributed by atoms with van der Waals surface area (Å²) in [5.41, 5.74) is 10.0. The number of hydrogen-bond donors (Lipinski definition) is 3. The predicted molar refractivity (Wildman–Crippen MR) is 184 cm³/mol. The van der Waals surface area contributed by atoms with Gasteiger partial charge in [-0.2, -0.15) is 0 Å². The molecule has 0 aliphatic heterocycles. The van der Waals surface area contributed by atoms with Crippen LogP contribution in [0.3, 0.4) is 0 Å². The summed E-state index contributed by atoms with van der Waals surface area (Å²) < 4.78 is 25.3. The standard InChI is InChI=1S/C36H48N4O3S/c1-7-40(8-2)36(41)27(5)29-14-17-34-33(24-29)32(35(38-34)30-22-25(3)21-26(4)23-30)18-20-37-19-10-9-11-28-12-15-31(16-13-28)39-44(6,42)43/h12-17,21-24,27,37-39H,7-11,18-20H2,1-6H3. The average molecular weight is 617 g/mol. The fraction of sp³-hybridized carbons (Fsp3) is 0.417. The lowest BCUT2D eigenvalue weighted by Gasteiger charge is -2.23. The van der Waals surface area contributed by atoms with Crippen LogP contribution in [-0.2, 0) is 27.7 Å². The summed E-state index contributed by atoms with van der Waals surface area (Å²) in [5.74, 6) is -0.0267. The largest absolute Gasteiger partial charge is 0.354 e. The number of anilines is 1. The molecule has 3 aromatic carbocycles. The van der Waals surface area contributed by atoms with E-state index in [4.69, 9.17) is 0 Å². The first-order valence-electron chi connectivity index (χ1n) is 15.8. The number of carbonyl (C=O) groups excluding carboxylic acids is 1. The van der Waals surface area contributed by atoms with Gasteiger partial charge in [-0.1, -0.05) is 35.4 Å². The third kappa shape index (κ3) is 8.73. The van der Waals surface area contributed by atoms with E-state index in [-0.39, 0.29) is 11.8 Å². The van der Waals surface area contributed by atoms with Crippen molar-refractivity contribution < 1.29 is 13.2 Å². The van der Waals surface area contributed by atoms with Gasteiger partial charge >= 0.3 is 0 Å². The fourth-order valence-electron chi connectivity index (χ4n) is 5.98. The number of sulfonamides is 1. The molecule has 4 rings (SSSR count). The molecular weight excluding hydrogens is 568 g/mol. The van der Waals surface area contributed by atoms with Crippen LogP contribution >= 0.6 is 0 Å². The normalized spacial score (nSPS) is 12.4. The maximum Gasteiger partial charge on any atom is 0.229 e. The molecule has 3 N–H and O–H groups in total. The second-order valence-electron chi connectivity index (χ2n) is 11.9. The van der Waals surface area contributed by atoms with Crippen molar-refractivity contribution in [1.29, 1.82) is 0 Å². The van der Waals surface area contributed by atoms with E-state index in [1.54, 1.807) is 0 Å². The van der Waals surface area contributed by atoms with Crippen LogP contribution in [-0.4, -0.2) is 56.6 Å². The van der Waals surface area contributed by atoms with Gasteiger partial charge in [0.25, 0.3) is 0 Å². The summed E-state index contributed by atoms with van der Waals surface area (Å²) in [5, 5.41) is 4.83. The Labute approximate surface area is 263 Å². The van der Waals surface area contributed by atoms with Gasteiger partial charge in [0.1, 0.15) is 0 Å².